The van der Waals surface area contributed by atoms with Gasteiger partial charge in [-0.2, -0.15) is 5.26 Å². The quantitative estimate of drug-likeness (QED) is 0.828. The third-order valence-corrected chi connectivity index (χ3v) is 6.53. The molecular weight excluding hydrogens is 368 g/mol. The van der Waals surface area contributed by atoms with E-state index >= 15 is 0 Å². The Kier molecular flexibility index (Phi) is 4.24. The Hall–Kier alpha value is -2.77. The highest BCUT2D eigenvalue weighted by atomic mass is 35.5. The van der Waals surface area contributed by atoms with Crippen molar-refractivity contribution in [3.05, 3.63) is 82.5 Å². The predicted octanol–water partition coefficient (Wildman–Crippen LogP) is 4.67. The average molecular weight is 391 g/mol. The van der Waals surface area contributed by atoms with Crippen molar-refractivity contribution in [2.45, 2.75) is 36.6 Å². The number of likely N-dealkylation sites (N-methyl/N-ethyl adjacent to an activating group) is 1. The molecule has 0 bridgehead atoms. The largest absolute Gasteiger partial charge is 0.370 e. The second-order valence-corrected chi connectivity index (χ2v) is 8.30. The van der Waals surface area contributed by atoms with Gasteiger partial charge in [0.05, 0.1) is 17.4 Å². The zero-order valence-corrected chi connectivity index (χ0v) is 16.9. The molecule has 0 spiro atoms. The molecule has 1 saturated carbocycles. The SMILES string of the molecule is C=C1[C@@H](c2ccc(C3(C#N)CC3)cc2)[C@@](C)(c2ccccc2Cl)N=C(N)N1C. The Labute approximate surface area is 170 Å². The van der Waals surface area contributed by atoms with Gasteiger partial charge in [0.25, 0.3) is 0 Å². The lowest BCUT2D eigenvalue weighted by Gasteiger charge is -2.44. The summed E-state index contributed by atoms with van der Waals surface area (Å²) >= 11 is 6.55. The minimum atomic E-state index is -0.681. The Morgan fingerprint density at radius 1 is 1.21 bits per heavy atom. The van der Waals surface area contributed by atoms with Gasteiger partial charge in [0.1, 0.15) is 5.54 Å². The number of aliphatic imine (C=N–C) groups is 1. The standard InChI is InChI=1S/C23H23ClN4/c1-15-20(16-8-10-17(11-9-16)23(14-25)12-13-23)22(2,27-21(26)28(15)3)18-6-4-5-7-19(18)24/h4-11,20H,1,12-13H2,2-3H3,(H2,26,27)/t20-,22+/m0/s1. The Morgan fingerprint density at radius 3 is 2.43 bits per heavy atom. The van der Waals surface area contributed by atoms with Crippen LogP contribution in [-0.2, 0) is 11.0 Å². The van der Waals surface area contributed by atoms with E-state index in [1.54, 1.807) is 0 Å². The molecule has 0 saturated heterocycles. The maximum atomic E-state index is 9.48. The van der Waals surface area contributed by atoms with Gasteiger partial charge in [-0.25, -0.2) is 4.99 Å². The normalized spacial score (nSPS) is 25.8. The summed E-state index contributed by atoms with van der Waals surface area (Å²) in [5.41, 5.74) is 9.17. The number of nitrogens with two attached hydrogens (primary N) is 1. The number of hydrogen-bond acceptors (Lipinski definition) is 4. The highest BCUT2D eigenvalue weighted by molar-refractivity contribution is 6.31. The summed E-state index contributed by atoms with van der Waals surface area (Å²) in [6.07, 6.45) is 1.86. The topological polar surface area (TPSA) is 65.4 Å². The number of nitriles is 1. The summed E-state index contributed by atoms with van der Waals surface area (Å²) in [4.78, 5) is 6.69. The van der Waals surface area contributed by atoms with Crippen LogP contribution in [0.1, 0.15) is 42.4 Å². The molecule has 28 heavy (non-hydrogen) atoms. The molecule has 2 aromatic carbocycles. The third kappa shape index (κ3) is 2.70. The lowest BCUT2D eigenvalue weighted by atomic mass is 9.73. The van der Waals surface area contributed by atoms with Crippen LogP contribution < -0.4 is 5.73 Å². The smallest absolute Gasteiger partial charge is 0.196 e. The molecule has 5 heteroatoms. The number of rotatable bonds is 3. The van der Waals surface area contributed by atoms with Crippen molar-refractivity contribution in [1.29, 1.82) is 5.26 Å². The predicted molar refractivity (Wildman–Crippen MR) is 113 cm³/mol. The molecule has 0 amide bonds. The highest BCUT2D eigenvalue weighted by Crippen LogP contribution is 2.51. The van der Waals surface area contributed by atoms with Gasteiger partial charge in [-0.05, 0) is 42.5 Å². The fourth-order valence-corrected chi connectivity index (χ4v) is 4.56. The zero-order valence-electron chi connectivity index (χ0n) is 16.1. The highest BCUT2D eigenvalue weighted by Gasteiger charge is 2.47. The van der Waals surface area contributed by atoms with Crippen molar-refractivity contribution >= 4 is 17.6 Å². The van der Waals surface area contributed by atoms with Crippen LogP contribution in [0.15, 0.2) is 65.8 Å². The van der Waals surface area contributed by atoms with Crippen molar-refractivity contribution in [3.8, 4) is 6.07 Å². The second-order valence-electron chi connectivity index (χ2n) is 7.90. The first-order valence-electron chi connectivity index (χ1n) is 9.37. The molecule has 0 aromatic heterocycles. The molecule has 0 unspecified atom stereocenters. The summed E-state index contributed by atoms with van der Waals surface area (Å²) in [7, 11) is 1.88. The van der Waals surface area contributed by atoms with E-state index in [4.69, 9.17) is 22.3 Å². The summed E-state index contributed by atoms with van der Waals surface area (Å²) in [6.45, 7) is 6.37. The maximum Gasteiger partial charge on any atom is 0.196 e. The Morgan fingerprint density at radius 2 is 1.86 bits per heavy atom. The molecule has 2 N–H and O–H groups in total. The van der Waals surface area contributed by atoms with E-state index in [0.717, 1.165) is 35.2 Å². The summed E-state index contributed by atoms with van der Waals surface area (Å²) < 4.78 is 0. The lowest BCUT2D eigenvalue weighted by molar-refractivity contribution is 0.350. The van der Waals surface area contributed by atoms with Crippen LogP contribution in [-0.4, -0.2) is 17.9 Å². The Bertz CT molecular complexity index is 1010. The first-order chi connectivity index (χ1) is 13.3. The molecule has 142 valence electrons. The van der Waals surface area contributed by atoms with Gasteiger partial charge in [0.15, 0.2) is 5.96 Å². The molecule has 2 aromatic rings. The maximum absolute atomic E-state index is 9.48. The van der Waals surface area contributed by atoms with Gasteiger partial charge in [0.2, 0.25) is 0 Å². The van der Waals surface area contributed by atoms with Gasteiger partial charge in [-0.1, -0.05) is 60.6 Å². The average Bonchev–Trinajstić information content (AvgIpc) is 3.48. The van der Waals surface area contributed by atoms with Crippen LogP contribution in [0.3, 0.4) is 0 Å². The van der Waals surface area contributed by atoms with E-state index in [1.165, 1.54) is 0 Å². The van der Waals surface area contributed by atoms with Crippen molar-refractivity contribution in [2.24, 2.45) is 10.7 Å². The number of nitrogens with zero attached hydrogens (tertiary/aromatic N) is 3. The van der Waals surface area contributed by atoms with Crippen molar-refractivity contribution in [1.82, 2.24) is 4.90 Å². The van der Waals surface area contributed by atoms with E-state index in [0.29, 0.717) is 11.0 Å². The first kappa shape index (κ1) is 18.6. The number of guanidine groups is 1. The minimum Gasteiger partial charge on any atom is -0.370 e. The van der Waals surface area contributed by atoms with E-state index in [1.807, 2.05) is 36.2 Å². The van der Waals surface area contributed by atoms with Crippen LogP contribution in [0.5, 0.6) is 0 Å². The van der Waals surface area contributed by atoms with Gasteiger partial charge in [-0.3, -0.25) is 0 Å². The number of hydrogen-bond donors (Lipinski definition) is 1. The van der Waals surface area contributed by atoms with Crippen LogP contribution >= 0.6 is 11.6 Å². The Balaban J connectivity index is 1.84. The van der Waals surface area contributed by atoms with Gasteiger partial charge < -0.3 is 10.6 Å². The fraction of sp³-hybridized carbons (Fsp3) is 0.304. The summed E-state index contributed by atoms with van der Waals surface area (Å²) in [5.74, 6) is 0.290. The molecule has 0 radical (unpaired) electrons. The van der Waals surface area contributed by atoms with Crippen molar-refractivity contribution in [2.75, 3.05) is 7.05 Å². The van der Waals surface area contributed by atoms with E-state index < -0.39 is 5.54 Å². The summed E-state index contributed by atoms with van der Waals surface area (Å²) in [5, 5.41) is 10.1. The fourth-order valence-electron chi connectivity index (χ4n) is 4.23. The minimum absolute atomic E-state index is 0.129. The molecule has 1 aliphatic carbocycles. The summed E-state index contributed by atoms with van der Waals surface area (Å²) in [6, 6.07) is 18.5. The van der Waals surface area contributed by atoms with Crippen LogP contribution in [0.4, 0.5) is 0 Å². The first-order valence-corrected chi connectivity index (χ1v) is 9.75. The third-order valence-electron chi connectivity index (χ3n) is 6.20. The van der Waals surface area contributed by atoms with Gasteiger partial charge in [-0.15, -0.1) is 0 Å². The second kappa shape index (κ2) is 6.39. The van der Waals surface area contributed by atoms with Gasteiger partial charge in [0, 0.05) is 17.8 Å². The van der Waals surface area contributed by atoms with Crippen LogP contribution in [0.25, 0.3) is 0 Å². The van der Waals surface area contributed by atoms with Crippen LogP contribution in [0, 0.1) is 11.3 Å². The van der Waals surface area contributed by atoms with Crippen molar-refractivity contribution in [3.63, 3.8) is 0 Å². The monoisotopic (exact) mass is 390 g/mol. The number of halogens is 1. The van der Waals surface area contributed by atoms with Crippen LogP contribution in [0.2, 0.25) is 5.02 Å². The molecule has 1 fully saturated rings. The molecular formula is C23H23ClN4. The molecule has 1 heterocycles. The van der Waals surface area contributed by atoms with E-state index in [-0.39, 0.29) is 11.3 Å². The van der Waals surface area contributed by atoms with Crippen molar-refractivity contribution < 1.29 is 0 Å². The van der Waals surface area contributed by atoms with E-state index in [2.05, 4.69) is 43.8 Å². The van der Waals surface area contributed by atoms with E-state index in [9.17, 15) is 5.26 Å². The number of benzene rings is 2. The molecule has 4 nitrogen and oxygen atoms in total. The zero-order chi connectivity index (χ0) is 20.1. The lowest BCUT2D eigenvalue weighted by Crippen LogP contribution is -2.47. The molecule has 2 atom stereocenters. The molecule has 4 rings (SSSR count). The molecule has 2 aliphatic rings. The van der Waals surface area contributed by atoms with Gasteiger partial charge >= 0.3 is 0 Å². The molecule has 1 aliphatic heterocycles.